The van der Waals surface area contributed by atoms with Crippen molar-refractivity contribution in [2.45, 2.75) is 57.9 Å². The van der Waals surface area contributed by atoms with Gasteiger partial charge in [-0.25, -0.2) is 0 Å². The Morgan fingerprint density at radius 3 is 2.69 bits per heavy atom. The summed E-state index contributed by atoms with van der Waals surface area (Å²) in [5, 5.41) is 1.18. The highest BCUT2D eigenvalue weighted by Gasteiger charge is 2.33. The average Bonchev–Trinajstić information content (AvgIpc) is 2.36. The molecule has 2 aliphatic rings. The third kappa shape index (κ3) is 3.01. The molecule has 0 amide bonds. The molecule has 1 saturated heterocycles. The minimum Gasteiger partial charge on any atom is -0.300 e. The van der Waals surface area contributed by atoms with Crippen LogP contribution in [0, 0.1) is 11.8 Å². The molecule has 0 bridgehead atoms. The van der Waals surface area contributed by atoms with Crippen LogP contribution in [0.4, 0.5) is 0 Å². The normalized spacial score (nSPS) is 33.4. The van der Waals surface area contributed by atoms with E-state index in [4.69, 9.17) is 0 Å². The van der Waals surface area contributed by atoms with Gasteiger partial charge in [-0.2, -0.15) is 0 Å². The SMILES string of the molecule is CCC(CBr)CN1CCCC2CCCCC21. The zero-order chi connectivity index (χ0) is 11.4. The molecule has 0 N–H and O–H groups in total. The van der Waals surface area contributed by atoms with E-state index >= 15 is 0 Å². The van der Waals surface area contributed by atoms with E-state index in [1.165, 1.54) is 63.4 Å². The van der Waals surface area contributed by atoms with Crippen LogP contribution in [0.5, 0.6) is 0 Å². The Balaban J connectivity index is 1.91. The third-order valence-electron chi connectivity index (χ3n) is 4.65. The molecule has 0 aromatic heterocycles. The molecule has 16 heavy (non-hydrogen) atoms. The Morgan fingerprint density at radius 2 is 1.94 bits per heavy atom. The second-order valence-corrected chi connectivity index (χ2v) is 6.33. The van der Waals surface area contributed by atoms with Gasteiger partial charge in [0.2, 0.25) is 0 Å². The van der Waals surface area contributed by atoms with Gasteiger partial charge in [0.05, 0.1) is 0 Å². The fourth-order valence-corrected chi connectivity index (χ4v) is 4.24. The summed E-state index contributed by atoms with van der Waals surface area (Å²) in [5.41, 5.74) is 0. The molecule has 0 radical (unpaired) electrons. The Bertz CT molecular complexity index is 201. The number of nitrogens with zero attached hydrogens (tertiary/aromatic N) is 1. The van der Waals surface area contributed by atoms with Crippen molar-refractivity contribution in [3.63, 3.8) is 0 Å². The first-order valence-corrected chi connectivity index (χ1v) is 8.27. The first-order chi connectivity index (χ1) is 7.85. The predicted molar refractivity (Wildman–Crippen MR) is 74.1 cm³/mol. The lowest BCUT2D eigenvalue weighted by Gasteiger charge is -2.45. The summed E-state index contributed by atoms with van der Waals surface area (Å²) >= 11 is 3.66. The first kappa shape index (κ1) is 12.9. The lowest BCUT2D eigenvalue weighted by Crippen LogP contribution is -2.48. The summed E-state index contributed by atoms with van der Waals surface area (Å²) in [6, 6.07) is 0.940. The van der Waals surface area contributed by atoms with Gasteiger partial charge in [0, 0.05) is 17.9 Å². The zero-order valence-corrected chi connectivity index (χ0v) is 12.2. The Kier molecular flexibility index (Phi) is 5.15. The molecule has 0 aromatic carbocycles. The van der Waals surface area contributed by atoms with Gasteiger partial charge in [0.1, 0.15) is 0 Å². The van der Waals surface area contributed by atoms with Gasteiger partial charge in [0.25, 0.3) is 0 Å². The molecule has 0 spiro atoms. The van der Waals surface area contributed by atoms with E-state index in [2.05, 4.69) is 27.8 Å². The summed E-state index contributed by atoms with van der Waals surface area (Å²) in [7, 11) is 0. The van der Waals surface area contributed by atoms with E-state index in [9.17, 15) is 0 Å². The Labute approximate surface area is 109 Å². The number of piperidine rings is 1. The molecule has 3 unspecified atom stereocenters. The molecule has 3 atom stereocenters. The summed E-state index contributed by atoms with van der Waals surface area (Å²) in [6.45, 7) is 5.03. The van der Waals surface area contributed by atoms with Crippen LogP contribution in [0.25, 0.3) is 0 Å². The van der Waals surface area contributed by atoms with E-state index < -0.39 is 0 Å². The lowest BCUT2D eigenvalue weighted by atomic mass is 9.78. The molecule has 2 heteroatoms. The van der Waals surface area contributed by atoms with Gasteiger partial charge < -0.3 is 0 Å². The van der Waals surface area contributed by atoms with Gasteiger partial charge in [-0.3, -0.25) is 4.90 Å². The Hall–Kier alpha value is 0.440. The van der Waals surface area contributed by atoms with Crippen molar-refractivity contribution in [2.75, 3.05) is 18.4 Å². The first-order valence-electron chi connectivity index (χ1n) is 7.15. The predicted octanol–water partition coefficient (Wildman–Crippen LogP) is 4.06. The van der Waals surface area contributed by atoms with Crippen molar-refractivity contribution in [3.8, 4) is 0 Å². The number of hydrogen-bond donors (Lipinski definition) is 0. The van der Waals surface area contributed by atoms with Crippen molar-refractivity contribution >= 4 is 15.9 Å². The molecule has 1 saturated carbocycles. The monoisotopic (exact) mass is 287 g/mol. The van der Waals surface area contributed by atoms with E-state index in [0.717, 1.165) is 17.9 Å². The molecule has 1 aliphatic carbocycles. The van der Waals surface area contributed by atoms with Gasteiger partial charge in [0.15, 0.2) is 0 Å². The number of hydrogen-bond acceptors (Lipinski definition) is 1. The van der Waals surface area contributed by atoms with Crippen LogP contribution < -0.4 is 0 Å². The second-order valence-electron chi connectivity index (χ2n) is 5.68. The highest BCUT2D eigenvalue weighted by Crippen LogP contribution is 2.35. The van der Waals surface area contributed by atoms with Crippen LogP contribution in [-0.2, 0) is 0 Å². The van der Waals surface area contributed by atoms with Crippen LogP contribution in [0.15, 0.2) is 0 Å². The standard InChI is InChI=1S/C14H26BrN/c1-2-12(10-15)11-16-9-5-7-13-6-3-4-8-14(13)16/h12-14H,2-11H2,1H3. The van der Waals surface area contributed by atoms with Crippen LogP contribution in [-0.4, -0.2) is 29.4 Å². The number of rotatable bonds is 4. The largest absolute Gasteiger partial charge is 0.300 e. The van der Waals surface area contributed by atoms with Crippen molar-refractivity contribution in [3.05, 3.63) is 0 Å². The van der Waals surface area contributed by atoms with E-state index in [0.29, 0.717) is 0 Å². The molecule has 2 fully saturated rings. The van der Waals surface area contributed by atoms with Gasteiger partial charge >= 0.3 is 0 Å². The molecule has 2 rings (SSSR count). The molecule has 0 aromatic rings. The number of likely N-dealkylation sites (tertiary alicyclic amines) is 1. The molecular weight excluding hydrogens is 262 g/mol. The van der Waals surface area contributed by atoms with Crippen molar-refractivity contribution < 1.29 is 0 Å². The number of halogens is 1. The molecule has 94 valence electrons. The van der Waals surface area contributed by atoms with Crippen LogP contribution in [0.1, 0.15) is 51.9 Å². The molecule has 1 aliphatic heterocycles. The molecule has 1 heterocycles. The maximum atomic E-state index is 3.66. The number of alkyl halides is 1. The second kappa shape index (κ2) is 6.39. The summed E-state index contributed by atoms with van der Waals surface area (Å²) in [4.78, 5) is 2.82. The fraction of sp³-hybridized carbons (Fsp3) is 1.00. The smallest absolute Gasteiger partial charge is 0.0124 e. The van der Waals surface area contributed by atoms with Gasteiger partial charge in [-0.05, 0) is 44.1 Å². The average molecular weight is 288 g/mol. The van der Waals surface area contributed by atoms with Crippen LogP contribution in [0.2, 0.25) is 0 Å². The van der Waals surface area contributed by atoms with E-state index in [1.807, 2.05) is 0 Å². The highest BCUT2D eigenvalue weighted by atomic mass is 79.9. The molecule has 1 nitrogen and oxygen atoms in total. The van der Waals surface area contributed by atoms with Crippen LogP contribution in [0.3, 0.4) is 0 Å². The fourth-order valence-electron chi connectivity index (χ4n) is 3.57. The summed E-state index contributed by atoms with van der Waals surface area (Å²) in [6.07, 6.45) is 10.2. The minimum atomic E-state index is 0.862. The number of fused-ring (bicyclic) bond motifs is 1. The van der Waals surface area contributed by atoms with Crippen LogP contribution >= 0.6 is 15.9 Å². The van der Waals surface area contributed by atoms with Crippen molar-refractivity contribution in [1.29, 1.82) is 0 Å². The van der Waals surface area contributed by atoms with Crippen molar-refractivity contribution in [1.82, 2.24) is 4.90 Å². The maximum absolute atomic E-state index is 3.66. The Morgan fingerprint density at radius 1 is 1.19 bits per heavy atom. The highest BCUT2D eigenvalue weighted by molar-refractivity contribution is 9.09. The van der Waals surface area contributed by atoms with Gasteiger partial charge in [-0.15, -0.1) is 0 Å². The molecular formula is C14H26BrN. The van der Waals surface area contributed by atoms with Gasteiger partial charge in [-0.1, -0.05) is 42.1 Å². The van der Waals surface area contributed by atoms with E-state index in [-0.39, 0.29) is 0 Å². The quantitative estimate of drug-likeness (QED) is 0.705. The van der Waals surface area contributed by atoms with E-state index in [1.54, 1.807) is 0 Å². The zero-order valence-electron chi connectivity index (χ0n) is 10.6. The summed E-state index contributed by atoms with van der Waals surface area (Å²) < 4.78 is 0. The maximum Gasteiger partial charge on any atom is 0.0124 e. The minimum absolute atomic E-state index is 0.862. The lowest BCUT2D eigenvalue weighted by molar-refractivity contribution is 0.0502. The van der Waals surface area contributed by atoms with Crippen molar-refractivity contribution in [2.24, 2.45) is 11.8 Å². The summed E-state index contributed by atoms with van der Waals surface area (Å²) in [5.74, 6) is 1.90. The third-order valence-corrected chi connectivity index (χ3v) is 5.56. The topological polar surface area (TPSA) is 3.24 Å².